The summed E-state index contributed by atoms with van der Waals surface area (Å²) in [6, 6.07) is 19.8. The Morgan fingerprint density at radius 1 is 1.16 bits per heavy atom. The van der Waals surface area contributed by atoms with Crippen LogP contribution in [0.1, 0.15) is 21.6 Å². The summed E-state index contributed by atoms with van der Waals surface area (Å²) in [5, 5.41) is 9.45. The predicted octanol–water partition coefficient (Wildman–Crippen LogP) is 4.78. The van der Waals surface area contributed by atoms with Gasteiger partial charge in [-0.1, -0.05) is 24.8 Å². The molecule has 0 bridgehead atoms. The lowest BCUT2D eigenvalue weighted by atomic mass is 10.00. The minimum Gasteiger partial charge on any atom is -0.457 e. The molecule has 1 aromatic heterocycles. The van der Waals surface area contributed by atoms with Crippen LogP contribution in [0.25, 0.3) is 16.8 Å². The van der Waals surface area contributed by atoms with Gasteiger partial charge in [0.1, 0.15) is 17.2 Å². The highest BCUT2D eigenvalue weighted by Crippen LogP contribution is 2.29. The Morgan fingerprint density at radius 3 is 2.55 bits per heavy atom. The number of primary amides is 1. The molecule has 0 fully saturated rings. The number of carbonyl (C=O) groups excluding carboxylic acids is 1. The number of carbonyl (C=O) groups is 1. The Kier molecular flexibility index (Phi) is 6.71. The highest BCUT2D eigenvalue weighted by molar-refractivity contribution is 6.11. The molecule has 0 spiro atoms. The van der Waals surface area contributed by atoms with Gasteiger partial charge in [0.2, 0.25) is 0 Å². The second-order valence-corrected chi connectivity index (χ2v) is 6.46. The molecule has 6 heteroatoms. The Balaban J connectivity index is 1.88. The number of aromatic nitrogens is 1. The van der Waals surface area contributed by atoms with Crippen LogP contribution in [-0.2, 0) is 0 Å². The summed E-state index contributed by atoms with van der Waals surface area (Å²) in [6.45, 7) is 3.72. The van der Waals surface area contributed by atoms with Crippen LogP contribution in [-0.4, -0.2) is 24.2 Å². The zero-order valence-electron chi connectivity index (χ0n) is 16.9. The fraction of sp³-hybridized carbons (Fsp3) is 0.0400. The molecule has 3 rings (SSSR count). The van der Waals surface area contributed by atoms with Crippen molar-refractivity contribution in [2.45, 2.75) is 0 Å². The quantitative estimate of drug-likeness (QED) is 0.449. The highest BCUT2D eigenvalue weighted by atomic mass is 16.5. The summed E-state index contributed by atoms with van der Waals surface area (Å²) in [4.78, 5) is 19.7. The molecule has 0 unspecified atom stereocenters. The number of nitrogens with zero attached hydrogens (tertiary/aromatic N) is 3. The Morgan fingerprint density at radius 2 is 1.90 bits per heavy atom. The summed E-state index contributed by atoms with van der Waals surface area (Å²) in [7, 11) is 1.67. The van der Waals surface area contributed by atoms with Crippen LogP contribution in [0.4, 0.5) is 0 Å². The van der Waals surface area contributed by atoms with Gasteiger partial charge in [-0.05, 0) is 54.6 Å². The van der Waals surface area contributed by atoms with Crippen molar-refractivity contribution in [1.82, 2.24) is 4.98 Å². The summed E-state index contributed by atoms with van der Waals surface area (Å²) in [5.41, 5.74) is 8.95. The first-order chi connectivity index (χ1) is 15.0. The largest absolute Gasteiger partial charge is 0.457 e. The number of allylic oxidation sites excluding steroid dienone is 3. The van der Waals surface area contributed by atoms with Gasteiger partial charge in [-0.15, -0.1) is 0 Å². The third-order valence-electron chi connectivity index (χ3n) is 4.38. The molecule has 3 aromatic rings. The first kappa shape index (κ1) is 21.2. The topological polar surface area (TPSA) is 101 Å². The lowest BCUT2D eigenvalue weighted by Crippen LogP contribution is -2.12. The third kappa shape index (κ3) is 5.11. The molecule has 6 nitrogen and oxygen atoms in total. The molecule has 1 amide bonds. The van der Waals surface area contributed by atoms with Crippen molar-refractivity contribution in [2.75, 3.05) is 7.05 Å². The van der Waals surface area contributed by atoms with Gasteiger partial charge in [0.25, 0.3) is 5.91 Å². The van der Waals surface area contributed by atoms with Gasteiger partial charge < -0.3 is 10.5 Å². The maximum Gasteiger partial charge on any atom is 0.267 e. The van der Waals surface area contributed by atoms with E-state index in [1.807, 2.05) is 12.1 Å². The van der Waals surface area contributed by atoms with E-state index in [2.05, 4.69) is 22.6 Å². The molecular weight excluding hydrogens is 388 g/mol. The Hall–Kier alpha value is -4.50. The molecule has 152 valence electrons. The van der Waals surface area contributed by atoms with Gasteiger partial charge in [0.05, 0.1) is 17.3 Å². The fourth-order valence-corrected chi connectivity index (χ4v) is 2.95. The highest BCUT2D eigenvalue weighted by Gasteiger charge is 2.10. The van der Waals surface area contributed by atoms with E-state index in [1.165, 1.54) is 0 Å². The number of amides is 1. The number of hydrogen-bond donors (Lipinski definition) is 1. The van der Waals surface area contributed by atoms with Crippen molar-refractivity contribution in [3.8, 4) is 28.8 Å². The Bertz CT molecular complexity index is 1220. The first-order valence-corrected chi connectivity index (χ1v) is 9.40. The lowest BCUT2D eigenvalue weighted by molar-refractivity contribution is 0.0995. The number of nitriles is 1. The maximum absolute atomic E-state index is 11.3. The number of hydrogen-bond acceptors (Lipinski definition) is 5. The van der Waals surface area contributed by atoms with Crippen molar-refractivity contribution >= 4 is 17.7 Å². The van der Waals surface area contributed by atoms with E-state index in [1.54, 1.807) is 73.9 Å². The van der Waals surface area contributed by atoms with E-state index >= 15 is 0 Å². The van der Waals surface area contributed by atoms with Crippen LogP contribution >= 0.6 is 0 Å². The second-order valence-electron chi connectivity index (χ2n) is 6.46. The number of pyridine rings is 1. The molecule has 2 aromatic carbocycles. The first-order valence-electron chi connectivity index (χ1n) is 9.40. The molecule has 0 aliphatic rings. The smallest absolute Gasteiger partial charge is 0.267 e. The van der Waals surface area contributed by atoms with Gasteiger partial charge in [0, 0.05) is 30.0 Å². The van der Waals surface area contributed by atoms with Gasteiger partial charge in [0.15, 0.2) is 0 Å². The predicted molar refractivity (Wildman–Crippen MR) is 122 cm³/mol. The van der Waals surface area contributed by atoms with Crippen molar-refractivity contribution < 1.29 is 9.53 Å². The van der Waals surface area contributed by atoms with Crippen LogP contribution < -0.4 is 10.5 Å². The van der Waals surface area contributed by atoms with Crippen LogP contribution in [0.5, 0.6) is 11.5 Å². The number of nitrogens with two attached hydrogens (primary N) is 1. The van der Waals surface area contributed by atoms with Gasteiger partial charge in [-0.2, -0.15) is 5.26 Å². The second kappa shape index (κ2) is 9.81. The van der Waals surface area contributed by atoms with Crippen LogP contribution in [0.2, 0.25) is 0 Å². The van der Waals surface area contributed by atoms with E-state index in [4.69, 9.17) is 10.5 Å². The van der Waals surface area contributed by atoms with Gasteiger partial charge in [-0.3, -0.25) is 9.79 Å². The molecule has 0 radical (unpaired) electrons. The van der Waals surface area contributed by atoms with Crippen LogP contribution in [0.15, 0.2) is 84.4 Å². The zero-order chi connectivity index (χ0) is 22.2. The molecule has 1 heterocycles. The minimum absolute atomic E-state index is 0.210. The normalized spacial score (nSPS) is 11.2. The Labute approximate surface area is 180 Å². The molecule has 0 saturated carbocycles. The average Bonchev–Trinajstić information content (AvgIpc) is 2.79. The third-order valence-corrected chi connectivity index (χ3v) is 4.38. The average molecular weight is 408 g/mol. The number of ether oxygens (including phenoxy) is 1. The SMILES string of the molecule is C=C/C=C(\C=NC)c1cc(Oc2ccc(-c3cccc(C(N)=O)n3)cc2)ccc1C#N. The molecule has 0 aliphatic carbocycles. The summed E-state index contributed by atoms with van der Waals surface area (Å²) in [6.07, 6.45) is 5.10. The molecule has 31 heavy (non-hydrogen) atoms. The van der Waals surface area contributed by atoms with Gasteiger partial charge >= 0.3 is 0 Å². The standard InChI is InChI=1S/C25H20N4O2/c1-3-5-19(16-28-2)22-14-21(13-10-18(22)15-26)31-20-11-8-17(9-12-20)23-6-4-7-24(29-23)25(27)30/h3-14,16H,1H2,2H3,(H2,27,30)/b19-5+,28-16?. The maximum atomic E-state index is 11.3. The van der Waals surface area contributed by atoms with E-state index in [-0.39, 0.29) is 5.69 Å². The number of benzene rings is 2. The number of rotatable bonds is 7. The van der Waals surface area contributed by atoms with Crippen molar-refractivity contribution in [3.63, 3.8) is 0 Å². The van der Waals surface area contributed by atoms with Crippen LogP contribution in [0, 0.1) is 11.3 Å². The van der Waals surface area contributed by atoms with E-state index in [9.17, 15) is 10.1 Å². The molecular formula is C25H20N4O2. The fourth-order valence-electron chi connectivity index (χ4n) is 2.95. The van der Waals surface area contributed by atoms with E-state index < -0.39 is 5.91 Å². The summed E-state index contributed by atoms with van der Waals surface area (Å²) in [5.74, 6) is 0.621. The molecule has 0 atom stereocenters. The minimum atomic E-state index is -0.573. The van der Waals surface area contributed by atoms with Crippen molar-refractivity contribution in [1.29, 1.82) is 5.26 Å². The van der Waals surface area contributed by atoms with Crippen LogP contribution in [0.3, 0.4) is 0 Å². The van der Waals surface area contributed by atoms with E-state index in [0.29, 0.717) is 28.3 Å². The lowest BCUT2D eigenvalue weighted by Gasteiger charge is -2.10. The summed E-state index contributed by atoms with van der Waals surface area (Å²) < 4.78 is 5.98. The molecule has 0 saturated heterocycles. The monoisotopic (exact) mass is 408 g/mol. The molecule has 0 aliphatic heterocycles. The molecule has 2 N–H and O–H groups in total. The summed E-state index contributed by atoms with van der Waals surface area (Å²) >= 11 is 0. The van der Waals surface area contributed by atoms with Gasteiger partial charge in [-0.25, -0.2) is 4.98 Å². The zero-order valence-corrected chi connectivity index (χ0v) is 16.9. The van der Waals surface area contributed by atoms with E-state index in [0.717, 1.165) is 11.1 Å². The van der Waals surface area contributed by atoms with Crippen molar-refractivity contribution in [2.24, 2.45) is 10.7 Å². The van der Waals surface area contributed by atoms with Crippen molar-refractivity contribution in [3.05, 3.63) is 96.2 Å². The number of aliphatic imine (C=N–C) groups is 1.